The summed E-state index contributed by atoms with van der Waals surface area (Å²) in [6.07, 6.45) is 0. The van der Waals surface area contributed by atoms with Crippen molar-refractivity contribution in [3.63, 3.8) is 0 Å². The van der Waals surface area contributed by atoms with E-state index >= 15 is 0 Å². The van der Waals surface area contributed by atoms with Gasteiger partial charge in [-0.2, -0.15) is 0 Å². The second-order valence-electron chi connectivity index (χ2n) is 20.1. The Labute approximate surface area is 438 Å². The molecular formula is C72H46N4. The zero-order valence-electron chi connectivity index (χ0n) is 41.3. The van der Waals surface area contributed by atoms with Gasteiger partial charge in [0, 0.05) is 65.8 Å². The number of benzene rings is 12. The number of hydrogen-bond donors (Lipinski definition) is 0. The van der Waals surface area contributed by atoms with E-state index in [4.69, 9.17) is 0 Å². The molecule has 0 N–H and O–H groups in total. The Balaban J connectivity index is 0.912. The van der Waals surface area contributed by atoms with Crippen LogP contribution in [0.2, 0.25) is 0 Å². The molecule has 0 spiro atoms. The van der Waals surface area contributed by atoms with Gasteiger partial charge < -0.3 is 18.3 Å². The molecule has 4 aromatic heterocycles. The molecule has 76 heavy (non-hydrogen) atoms. The van der Waals surface area contributed by atoms with Gasteiger partial charge in [0.05, 0.1) is 44.1 Å². The summed E-state index contributed by atoms with van der Waals surface area (Å²) >= 11 is 0. The van der Waals surface area contributed by atoms with Gasteiger partial charge in [-0.15, -0.1) is 0 Å². The van der Waals surface area contributed by atoms with Crippen molar-refractivity contribution >= 4 is 87.2 Å². The molecule has 0 atom stereocenters. The Bertz CT molecular complexity index is 4940. The first-order valence-corrected chi connectivity index (χ1v) is 26.2. The van der Waals surface area contributed by atoms with Gasteiger partial charge in [-0.3, -0.25) is 0 Å². The summed E-state index contributed by atoms with van der Waals surface area (Å²) in [6, 6.07) is 102. The maximum Gasteiger partial charge on any atom is 0.0788 e. The highest BCUT2D eigenvalue weighted by Crippen LogP contribution is 2.45. The van der Waals surface area contributed by atoms with Crippen LogP contribution in [0.25, 0.3) is 143 Å². The third kappa shape index (κ3) is 6.31. The van der Waals surface area contributed by atoms with Crippen LogP contribution in [0, 0.1) is 0 Å². The van der Waals surface area contributed by atoms with Crippen molar-refractivity contribution in [2.45, 2.75) is 0 Å². The highest BCUT2D eigenvalue weighted by Gasteiger charge is 2.24. The van der Waals surface area contributed by atoms with Crippen molar-refractivity contribution in [1.29, 1.82) is 0 Å². The number of hydrogen-bond acceptors (Lipinski definition) is 0. The van der Waals surface area contributed by atoms with E-state index in [9.17, 15) is 0 Å². The van der Waals surface area contributed by atoms with Crippen molar-refractivity contribution < 1.29 is 0 Å². The van der Waals surface area contributed by atoms with E-state index in [0.29, 0.717) is 0 Å². The number of rotatable bonds is 7. The lowest BCUT2D eigenvalue weighted by Gasteiger charge is -2.14. The number of fused-ring (bicyclic) bond motifs is 14. The van der Waals surface area contributed by atoms with Crippen LogP contribution in [0.1, 0.15) is 0 Å². The van der Waals surface area contributed by atoms with Crippen LogP contribution in [0.5, 0.6) is 0 Å². The Morgan fingerprint density at radius 3 is 0.921 bits per heavy atom. The third-order valence-corrected chi connectivity index (χ3v) is 15.9. The van der Waals surface area contributed by atoms with Gasteiger partial charge >= 0.3 is 0 Å². The minimum absolute atomic E-state index is 1.11. The largest absolute Gasteiger partial charge is 0.307 e. The van der Waals surface area contributed by atoms with Gasteiger partial charge in [0.2, 0.25) is 0 Å². The predicted molar refractivity (Wildman–Crippen MR) is 320 cm³/mol. The molecule has 0 bridgehead atoms. The smallest absolute Gasteiger partial charge is 0.0788 e. The predicted octanol–water partition coefficient (Wildman–Crippen LogP) is 19.1. The van der Waals surface area contributed by atoms with Gasteiger partial charge in [0.1, 0.15) is 0 Å². The molecule has 0 aliphatic rings. The monoisotopic (exact) mass is 966 g/mol. The fourth-order valence-electron chi connectivity index (χ4n) is 12.6. The molecule has 16 aromatic rings. The highest BCUT2D eigenvalue weighted by molar-refractivity contribution is 6.25. The first-order valence-electron chi connectivity index (χ1n) is 26.2. The maximum absolute atomic E-state index is 2.51. The number of aromatic nitrogens is 4. The molecule has 0 saturated carbocycles. The molecule has 0 fully saturated rings. The number of para-hydroxylation sites is 4. The number of nitrogens with zero attached hydrogens (tertiary/aromatic N) is 4. The van der Waals surface area contributed by atoms with Crippen molar-refractivity contribution in [2.24, 2.45) is 0 Å². The molecule has 0 aliphatic carbocycles. The van der Waals surface area contributed by atoms with Crippen LogP contribution in [-0.4, -0.2) is 18.3 Å². The fraction of sp³-hybridized carbons (Fsp3) is 0. The Morgan fingerprint density at radius 2 is 0.461 bits per heavy atom. The summed E-state index contributed by atoms with van der Waals surface area (Å²) in [7, 11) is 0. The molecule has 4 heterocycles. The lowest BCUT2D eigenvalue weighted by atomic mass is 10.0. The van der Waals surface area contributed by atoms with Crippen LogP contribution in [0.3, 0.4) is 0 Å². The molecule has 4 nitrogen and oxygen atoms in total. The summed E-state index contributed by atoms with van der Waals surface area (Å²) in [6.45, 7) is 0. The first-order chi connectivity index (χ1) is 37.7. The normalized spacial score (nSPS) is 11.9. The zero-order chi connectivity index (χ0) is 49.8. The molecule has 12 aromatic carbocycles. The average Bonchev–Trinajstić information content (AvgIpc) is 4.30. The molecule has 0 saturated heterocycles. The summed E-state index contributed by atoms with van der Waals surface area (Å²) in [5.41, 5.74) is 21.1. The third-order valence-electron chi connectivity index (χ3n) is 15.9. The standard InChI is InChI=1S/C72H46N4/c1-5-18-47(19-6-1)51-34-42-67-63(45-51)61-40-38-59-57-28-13-15-30-65(57)73(53-23-9-3-10-24-53)69(59)71(61)75(67)55-36-32-49(33-37-55)50-22-17-27-56(44-50)76-68-43-35-52(48-20-7-2-8-21-48)46-64(68)62-41-39-60-58-29-14-16-31-66(58)74(70(60)72(62)76)54-25-11-4-12-26-54/h1-46H. The van der Waals surface area contributed by atoms with Gasteiger partial charge in [-0.05, 0) is 118 Å². The van der Waals surface area contributed by atoms with Crippen molar-refractivity contribution in [2.75, 3.05) is 0 Å². The van der Waals surface area contributed by atoms with Crippen LogP contribution in [0.4, 0.5) is 0 Å². The van der Waals surface area contributed by atoms with Crippen molar-refractivity contribution in [3.05, 3.63) is 279 Å². The second kappa shape index (κ2) is 16.7. The zero-order valence-corrected chi connectivity index (χ0v) is 41.3. The van der Waals surface area contributed by atoms with E-state index in [1.807, 2.05) is 0 Å². The molecule has 0 aliphatic heterocycles. The minimum Gasteiger partial charge on any atom is -0.307 e. The van der Waals surface area contributed by atoms with Crippen molar-refractivity contribution in [3.8, 4) is 56.1 Å². The van der Waals surface area contributed by atoms with Gasteiger partial charge in [-0.1, -0.05) is 194 Å². The molecule has 16 rings (SSSR count). The minimum atomic E-state index is 1.11. The average molecular weight is 967 g/mol. The van der Waals surface area contributed by atoms with E-state index in [1.54, 1.807) is 0 Å². The molecule has 354 valence electrons. The molecular weight excluding hydrogens is 921 g/mol. The van der Waals surface area contributed by atoms with Crippen LogP contribution < -0.4 is 0 Å². The fourth-order valence-corrected chi connectivity index (χ4v) is 12.6. The molecule has 0 unspecified atom stereocenters. The van der Waals surface area contributed by atoms with Gasteiger partial charge in [0.15, 0.2) is 0 Å². The SMILES string of the molecule is c1ccc(-c2ccc3c(c2)c2ccc4c5ccccc5n(-c5ccccc5)c4c2n3-c2ccc(-c3cccc(-n4c5ccc(-c6ccccc6)cc5c5ccc6c7ccccc7n(-c7ccccc7)c6c54)c3)cc2)cc1. The van der Waals surface area contributed by atoms with Crippen LogP contribution >= 0.6 is 0 Å². The van der Waals surface area contributed by atoms with E-state index < -0.39 is 0 Å². The molecule has 0 radical (unpaired) electrons. The molecule has 0 amide bonds. The summed E-state index contributed by atoms with van der Waals surface area (Å²) in [5, 5.41) is 9.83. The second-order valence-corrected chi connectivity index (χ2v) is 20.1. The van der Waals surface area contributed by atoms with E-state index in [-0.39, 0.29) is 0 Å². The van der Waals surface area contributed by atoms with E-state index in [1.165, 1.54) is 109 Å². The maximum atomic E-state index is 2.51. The van der Waals surface area contributed by atoms with Gasteiger partial charge in [0.25, 0.3) is 0 Å². The Kier molecular flexibility index (Phi) is 9.30. The quantitative estimate of drug-likeness (QED) is 0.152. The van der Waals surface area contributed by atoms with E-state index in [0.717, 1.165) is 33.9 Å². The van der Waals surface area contributed by atoms with Crippen LogP contribution in [0.15, 0.2) is 279 Å². The van der Waals surface area contributed by atoms with Crippen molar-refractivity contribution in [1.82, 2.24) is 18.3 Å². The summed E-state index contributed by atoms with van der Waals surface area (Å²) < 4.78 is 9.94. The lowest BCUT2D eigenvalue weighted by molar-refractivity contribution is 1.15. The van der Waals surface area contributed by atoms with E-state index in [2.05, 4.69) is 297 Å². The van der Waals surface area contributed by atoms with Gasteiger partial charge in [-0.25, -0.2) is 0 Å². The topological polar surface area (TPSA) is 19.7 Å². The summed E-state index contributed by atoms with van der Waals surface area (Å²) in [4.78, 5) is 0. The molecule has 4 heteroatoms. The summed E-state index contributed by atoms with van der Waals surface area (Å²) in [5.74, 6) is 0. The first kappa shape index (κ1) is 42.4. The highest BCUT2D eigenvalue weighted by atomic mass is 15.1. The Morgan fingerprint density at radius 1 is 0.158 bits per heavy atom. The van der Waals surface area contributed by atoms with Crippen LogP contribution in [-0.2, 0) is 0 Å². The lowest BCUT2D eigenvalue weighted by Crippen LogP contribution is -1.99. The Hall–Kier alpha value is -10.2.